The Morgan fingerprint density at radius 3 is 2.71 bits per heavy atom. The molecule has 24 heavy (non-hydrogen) atoms. The van der Waals surface area contributed by atoms with Gasteiger partial charge in [0.2, 0.25) is 0 Å². The van der Waals surface area contributed by atoms with Gasteiger partial charge in [0.15, 0.2) is 0 Å². The number of hydrogen-bond acceptors (Lipinski definition) is 4. The summed E-state index contributed by atoms with van der Waals surface area (Å²) in [6.45, 7) is 7.21. The van der Waals surface area contributed by atoms with E-state index in [0.29, 0.717) is 5.56 Å². The molecule has 1 saturated heterocycles. The first kappa shape index (κ1) is 21.3. The molecule has 1 atom stereocenters. The van der Waals surface area contributed by atoms with E-state index in [4.69, 9.17) is 5.73 Å². The average molecular weight is 392 g/mol. The zero-order valence-electron chi connectivity index (χ0n) is 13.9. The Labute approximate surface area is 159 Å². The van der Waals surface area contributed by atoms with Crippen LogP contribution in [0.1, 0.15) is 26.0 Å². The number of hydrogen-bond donors (Lipinski definition) is 1. The van der Waals surface area contributed by atoms with E-state index in [-0.39, 0.29) is 42.1 Å². The molecule has 1 aromatic heterocycles. The molecule has 0 aliphatic carbocycles. The quantitative estimate of drug-likeness (QED) is 0.845. The van der Waals surface area contributed by atoms with Gasteiger partial charge in [-0.3, -0.25) is 4.90 Å². The maximum atomic E-state index is 13.8. The van der Waals surface area contributed by atoms with Crippen LogP contribution in [0.15, 0.2) is 29.6 Å². The highest BCUT2D eigenvalue weighted by Crippen LogP contribution is 2.30. The molecule has 3 rings (SSSR count). The third-order valence-corrected chi connectivity index (χ3v) is 5.36. The van der Waals surface area contributed by atoms with Crippen LogP contribution in [-0.4, -0.2) is 29.0 Å². The van der Waals surface area contributed by atoms with E-state index < -0.39 is 0 Å². The number of thiazole rings is 1. The second kappa shape index (κ2) is 8.59. The molecule has 0 spiro atoms. The zero-order valence-corrected chi connectivity index (χ0v) is 16.3. The minimum atomic E-state index is -0.214. The van der Waals surface area contributed by atoms with Gasteiger partial charge in [0.25, 0.3) is 0 Å². The molecule has 0 radical (unpaired) electrons. The van der Waals surface area contributed by atoms with Gasteiger partial charge in [0, 0.05) is 36.6 Å². The van der Waals surface area contributed by atoms with Gasteiger partial charge in [-0.2, -0.15) is 0 Å². The molecule has 1 aromatic carbocycles. The standard InChI is InChI=1S/C17H22FN3S.2ClH/c1-17(2)11-21(8-7-15(17)19)9-12-10-22-16(20-12)13-5-3-4-6-14(13)18;;/h3-6,10,15H,7-9,11,19H2,1-2H3;2*1H. The summed E-state index contributed by atoms with van der Waals surface area (Å²) in [7, 11) is 0. The smallest absolute Gasteiger partial charge is 0.133 e. The fourth-order valence-electron chi connectivity index (χ4n) is 2.99. The van der Waals surface area contributed by atoms with Gasteiger partial charge in [-0.15, -0.1) is 36.2 Å². The van der Waals surface area contributed by atoms with Gasteiger partial charge in [-0.05, 0) is 24.0 Å². The Morgan fingerprint density at radius 1 is 1.33 bits per heavy atom. The largest absolute Gasteiger partial charge is 0.327 e. The molecule has 2 N–H and O–H groups in total. The van der Waals surface area contributed by atoms with Crippen LogP contribution in [0.5, 0.6) is 0 Å². The fraction of sp³-hybridized carbons (Fsp3) is 0.471. The van der Waals surface area contributed by atoms with Crippen molar-refractivity contribution in [2.24, 2.45) is 11.1 Å². The topological polar surface area (TPSA) is 42.2 Å². The number of aromatic nitrogens is 1. The average Bonchev–Trinajstić information content (AvgIpc) is 2.91. The first-order chi connectivity index (χ1) is 10.5. The molecule has 134 valence electrons. The summed E-state index contributed by atoms with van der Waals surface area (Å²) in [4.78, 5) is 7.00. The van der Waals surface area contributed by atoms with E-state index in [0.717, 1.165) is 36.8 Å². The minimum absolute atomic E-state index is 0. The molecular weight excluding hydrogens is 368 g/mol. The van der Waals surface area contributed by atoms with Gasteiger partial charge in [0.05, 0.1) is 5.69 Å². The van der Waals surface area contributed by atoms with Crippen molar-refractivity contribution >= 4 is 36.2 Å². The van der Waals surface area contributed by atoms with Gasteiger partial charge in [-0.25, -0.2) is 9.37 Å². The van der Waals surface area contributed by atoms with Crippen LogP contribution < -0.4 is 5.73 Å². The Balaban J connectivity index is 0.00000144. The molecular formula is C17H24Cl2FN3S. The summed E-state index contributed by atoms with van der Waals surface area (Å²) in [5.74, 6) is -0.214. The number of nitrogens with zero attached hydrogens (tertiary/aromatic N) is 2. The number of rotatable bonds is 3. The minimum Gasteiger partial charge on any atom is -0.327 e. The van der Waals surface area contributed by atoms with Gasteiger partial charge in [-0.1, -0.05) is 26.0 Å². The Bertz CT molecular complexity index is 663. The van der Waals surface area contributed by atoms with Gasteiger partial charge in [0.1, 0.15) is 10.8 Å². The highest BCUT2D eigenvalue weighted by Gasteiger charge is 2.33. The molecule has 1 aliphatic heterocycles. The van der Waals surface area contributed by atoms with Crippen LogP contribution in [0, 0.1) is 11.2 Å². The lowest BCUT2D eigenvalue weighted by Gasteiger charge is -2.42. The monoisotopic (exact) mass is 391 g/mol. The van der Waals surface area contributed by atoms with Gasteiger partial charge < -0.3 is 5.73 Å². The van der Waals surface area contributed by atoms with Crippen LogP contribution in [0.3, 0.4) is 0 Å². The van der Waals surface area contributed by atoms with Gasteiger partial charge >= 0.3 is 0 Å². The van der Waals surface area contributed by atoms with E-state index in [2.05, 4.69) is 23.7 Å². The molecule has 2 aromatic rings. The van der Waals surface area contributed by atoms with Crippen LogP contribution in [0.25, 0.3) is 10.6 Å². The predicted molar refractivity (Wildman–Crippen MR) is 104 cm³/mol. The molecule has 1 aliphatic rings. The van der Waals surface area contributed by atoms with E-state index in [1.807, 2.05) is 11.4 Å². The molecule has 1 unspecified atom stereocenters. The summed E-state index contributed by atoms with van der Waals surface area (Å²) in [6, 6.07) is 7.06. The van der Waals surface area contributed by atoms with Crippen molar-refractivity contribution in [2.45, 2.75) is 32.9 Å². The summed E-state index contributed by atoms with van der Waals surface area (Å²) >= 11 is 1.50. The summed E-state index contributed by atoms with van der Waals surface area (Å²) < 4.78 is 13.8. The molecule has 2 heterocycles. The maximum Gasteiger partial charge on any atom is 0.133 e. The zero-order chi connectivity index (χ0) is 15.7. The molecule has 0 saturated carbocycles. The lowest BCUT2D eigenvalue weighted by atomic mass is 9.80. The van der Waals surface area contributed by atoms with Crippen molar-refractivity contribution < 1.29 is 4.39 Å². The second-order valence-electron chi connectivity index (χ2n) is 6.72. The molecule has 0 amide bonds. The van der Waals surface area contributed by atoms with Crippen molar-refractivity contribution in [3.8, 4) is 10.6 Å². The Morgan fingerprint density at radius 2 is 2.04 bits per heavy atom. The highest BCUT2D eigenvalue weighted by atomic mass is 35.5. The van der Waals surface area contributed by atoms with Crippen LogP contribution in [-0.2, 0) is 6.54 Å². The Hall–Kier alpha value is -0.720. The Kier molecular flexibility index (Phi) is 7.63. The van der Waals surface area contributed by atoms with Crippen LogP contribution in [0.2, 0.25) is 0 Å². The number of piperidine rings is 1. The summed E-state index contributed by atoms with van der Waals surface area (Å²) in [5.41, 5.74) is 7.90. The van der Waals surface area contributed by atoms with E-state index in [1.165, 1.54) is 17.4 Å². The van der Waals surface area contributed by atoms with E-state index in [1.54, 1.807) is 12.1 Å². The fourth-order valence-corrected chi connectivity index (χ4v) is 3.82. The van der Waals surface area contributed by atoms with E-state index >= 15 is 0 Å². The van der Waals surface area contributed by atoms with Crippen LogP contribution in [0.4, 0.5) is 4.39 Å². The molecule has 7 heteroatoms. The molecule has 1 fully saturated rings. The van der Waals surface area contributed by atoms with Crippen molar-refractivity contribution in [3.63, 3.8) is 0 Å². The molecule has 3 nitrogen and oxygen atoms in total. The lowest BCUT2D eigenvalue weighted by Crippen LogP contribution is -2.52. The van der Waals surface area contributed by atoms with Crippen molar-refractivity contribution in [3.05, 3.63) is 41.2 Å². The number of nitrogens with two attached hydrogens (primary N) is 1. The maximum absolute atomic E-state index is 13.8. The third kappa shape index (κ3) is 4.67. The molecule has 0 bridgehead atoms. The first-order valence-electron chi connectivity index (χ1n) is 7.63. The SMILES string of the molecule is CC1(C)CN(Cc2csc(-c3ccccc3F)n2)CCC1N.Cl.Cl. The normalized spacial score (nSPS) is 20.1. The summed E-state index contributed by atoms with van der Waals surface area (Å²) in [6.07, 6.45) is 1.01. The number of halogens is 3. The highest BCUT2D eigenvalue weighted by molar-refractivity contribution is 7.13. The van der Waals surface area contributed by atoms with Crippen molar-refractivity contribution in [2.75, 3.05) is 13.1 Å². The van der Waals surface area contributed by atoms with E-state index in [9.17, 15) is 4.39 Å². The predicted octanol–water partition coefficient (Wildman–Crippen LogP) is 4.35. The lowest BCUT2D eigenvalue weighted by molar-refractivity contribution is 0.0891. The summed E-state index contributed by atoms with van der Waals surface area (Å²) in [5, 5.41) is 2.78. The second-order valence-corrected chi connectivity index (χ2v) is 7.58. The first-order valence-corrected chi connectivity index (χ1v) is 8.51. The van der Waals surface area contributed by atoms with Crippen LogP contribution >= 0.6 is 36.2 Å². The third-order valence-electron chi connectivity index (χ3n) is 4.43. The number of benzene rings is 1. The number of likely N-dealkylation sites (tertiary alicyclic amines) is 1. The van der Waals surface area contributed by atoms with Crippen molar-refractivity contribution in [1.29, 1.82) is 0 Å². The van der Waals surface area contributed by atoms with Crippen molar-refractivity contribution in [1.82, 2.24) is 9.88 Å².